The van der Waals surface area contributed by atoms with Crippen LogP contribution in [0.3, 0.4) is 0 Å². The van der Waals surface area contributed by atoms with Gasteiger partial charge in [0.05, 0.1) is 0 Å². The van der Waals surface area contributed by atoms with E-state index in [0.717, 1.165) is 16.3 Å². The van der Waals surface area contributed by atoms with Crippen molar-refractivity contribution in [3.63, 3.8) is 0 Å². The lowest BCUT2D eigenvalue weighted by molar-refractivity contribution is -0.150. The second-order valence-electron chi connectivity index (χ2n) is 6.41. The van der Waals surface area contributed by atoms with Gasteiger partial charge in [0, 0.05) is 6.42 Å². The molecule has 23 heavy (non-hydrogen) atoms. The molecule has 0 fully saturated rings. The zero-order valence-corrected chi connectivity index (χ0v) is 14.1. The number of carbonyl (C=O) groups excluding carboxylic acids is 2. The van der Waals surface area contributed by atoms with Gasteiger partial charge in [-0.15, -0.1) is 0 Å². The molecule has 0 saturated carbocycles. The number of esters is 1. The SMILES string of the molecule is CCC(=O)C(=Cc1cccc2ccccc12)C(=O)OC(C)(C)C. The van der Waals surface area contributed by atoms with Gasteiger partial charge in [-0.1, -0.05) is 49.4 Å². The van der Waals surface area contributed by atoms with Crippen molar-refractivity contribution >= 4 is 28.6 Å². The number of benzene rings is 2. The van der Waals surface area contributed by atoms with Crippen molar-refractivity contribution in [1.29, 1.82) is 0 Å². The van der Waals surface area contributed by atoms with E-state index in [4.69, 9.17) is 4.74 Å². The summed E-state index contributed by atoms with van der Waals surface area (Å²) in [5.74, 6) is -0.788. The van der Waals surface area contributed by atoms with Crippen molar-refractivity contribution in [3.8, 4) is 0 Å². The number of hydrogen-bond acceptors (Lipinski definition) is 3. The molecule has 2 aromatic rings. The third kappa shape index (κ3) is 4.28. The van der Waals surface area contributed by atoms with Gasteiger partial charge in [-0.05, 0) is 43.2 Å². The maximum absolute atomic E-state index is 12.4. The van der Waals surface area contributed by atoms with Gasteiger partial charge in [-0.3, -0.25) is 4.79 Å². The van der Waals surface area contributed by atoms with Gasteiger partial charge in [0.25, 0.3) is 0 Å². The Balaban J connectivity index is 2.52. The highest BCUT2D eigenvalue weighted by molar-refractivity contribution is 6.21. The topological polar surface area (TPSA) is 43.4 Å². The lowest BCUT2D eigenvalue weighted by Crippen LogP contribution is -2.27. The van der Waals surface area contributed by atoms with Crippen LogP contribution in [-0.4, -0.2) is 17.4 Å². The third-order valence-electron chi connectivity index (χ3n) is 3.36. The van der Waals surface area contributed by atoms with Crippen molar-refractivity contribution in [2.75, 3.05) is 0 Å². The highest BCUT2D eigenvalue weighted by atomic mass is 16.6. The molecule has 0 spiro atoms. The lowest BCUT2D eigenvalue weighted by Gasteiger charge is -2.20. The predicted molar refractivity (Wildman–Crippen MR) is 93.1 cm³/mol. The number of rotatable bonds is 4. The molecule has 2 rings (SSSR count). The first-order valence-corrected chi connectivity index (χ1v) is 7.78. The van der Waals surface area contributed by atoms with Crippen LogP contribution in [0.4, 0.5) is 0 Å². The van der Waals surface area contributed by atoms with Crippen LogP contribution in [0.5, 0.6) is 0 Å². The fourth-order valence-corrected chi connectivity index (χ4v) is 2.31. The molecule has 0 aromatic heterocycles. The molecule has 0 amide bonds. The highest BCUT2D eigenvalue weighted by Crippen LogP contribution is 2.22. The smallest absolute Gasteiger partial charge is 0.342 e. The lowest BCUT2D eigenvalue weighted by atomic mass is 10.00. The highest BCUT2D eigenvalue weighted by Gasteiger charge is 2.24. The molecule has 0 heterocycles. The average Bonchev–Trinajstić information content (AvgIpc) is 2.50. The molecule has 3 heteroatoms. The van der Waals surface area contributed by atoms with E-state index >= 15 is 0 Å². The Morgan fingerprint density at radius 2 is 1.70 bits per heavy atom. The van der Waals surface area contributed by atoms with Gasteiger partial charge in [0.2, 0.25) is 0 Å². The van der Waals surface area contributed by atoms with Crippen molar-refractivity contribution < 1.29 is 14.3 Å². The average molecular weight is 310 g/mol. The monoisotopic (exact) mass is 310 g/mol. The summed E-state index contributed by atoms with van der Waals surface area (Å²) in [7, 11) is 0. The molecule has 0 saturated heterocycles. The minimum atomic E-state index is -0.636. The number of fused-ring (bicyclic) bond motifs is 1. The standard InChI is InChI=1S/C20H22O3/c1-5-18(21)17(19(22)23-20(2,3)4)13-15-11-8-10-14-9-6-7-12-16(14)15/h6-13H,5H2,1-4H3. The Labute approximate surface area is 137 Å². The summed E-state index contributed by atoms with van der Waals surface area (Å²) in [4.78, 5) is 24.6. The fraction of sp³-hybridized carbons (Fsp3) is 0.300. The summed E-state index contributed by atoms with van der Waals surface area (Å²) in [5.41, 5.74) is 0.299. The van der Waals surface area contributed by atoms with E-state index in [-0.39, 0.29) is 17.8 Å². The molecule has 2 aromatic carbocycles. The number of carbonyl (C=O) groups is 2. The van der Waals surface area contributed by atoms with Crippen LogP contribution < -0.4 is 0 Å². The Bertz CT molecular complexity index is 759. The molecular formula is C20H22O3. The quantitative estimate of drug-likeness (QED) is 0.360. The largest absolute Gasteiger partial charge is 0.456 e. The first kappa shape index (κ1) is 16.9. The van der Waals surface area contributed by atoms with E-state index in [1.165, 1.54) is 0 Å². The van der Waals surface area contributed by atoms with E-state index in [1.807, 2.05) is 42.5 Å². The van der Waals surface area contributed by atoms with E-state index in [9.17, 15) is 9.59 Å². The summed E-state index contributed by atoms with van der Waals surface area (Å²) in [6.07, 6.45) is 1.90. The van der Waals surface area contributed by atoms with Gasteiger partial charge in [-0.25, -0.2) is 4.79 Å². The van der Waals surface area contributed by atoms with Crippen molar-refractivity contribution in [3.05, 3.63) is 53.6 Å². The first-order chi connectivity index (χ1) is 10.8. The summed E-state index contributed by atoms with van der Waals surface area (Å²) in [6, 6.07) is 13.7. The number of hydrogen-bond donors (Lipinski definition) is 0. The van der Waals surface area contributed by atoms with Crippen molar-refractivity contribution in [1.82, 2.24) is 0 Å². The number of ether oxygens (including phenoxy) is 1. The van der Waals surface area contributed by atoms with E-state index in [2.05, 4.69) is 0 Å². The normalized spacial score (nSPS) is 12.3. The molecule has 0 radical (unpaired) electrons. The van der Waals surface area contributed by atoms with Crippen LogP contribution in [0.2, 0.25) is 0 Å². The first-order valence-electron chi connectivity index (χ1n) is 7.78. The molecule has 0 aliphatic heterocycles. The van der Waals surface area contributed by atoms with E-state index < -0.39 is 11.6 Å². The van der Waals surface area contributed by atoms with Gasteiger partial charge < -0.3 is 4.74 Å². The molecule has 0 unspecified atom stereocenters. The van der Waals surface area contributed by atoms with E-state index in [0.29, 0.717) is 0 Å². The number of Topliss-reactive ketones (excluding diaryl/α,β-unsaturated/α-hetero) is 1. The zero-order chi connectivity index (χ0) is 17.0. The maximum Gasteiger partial charge on any atom is 0.342 e. The van der Waals surface area contributed by atoms with Gasteiger partial charge >= 0.3 is 5.97 Å². The van der Waals surface area contributed by atoms with Crippen molar-refractivity contribution in [2.45, 2.75) is 39.7 Å². The second kappa shape index (κ2) is 6.78. The Kier molecular flexibility index (Phi) is 4.99. The Morgan fingerprint density at radius 3 is 2.35 bits per heavy atom. The minimum Gasteiger partial charge on any atom is -0.456 e. The summed E-state index contributed by atoms with van der Waals surface area (Å²) in [5, 5.41) is 2.06. The van der Waals surface area contributed by atoms with Gasteiger partial charge in [-0.2, -0.15) is 0 Å². The molecule has 0 N–H and O–H groups in total. The van der Waals surface area contributed by atoms with Crippen LogP contribution >= 0.6 is 0 Å². The maximum atomic E-state index is 12.4. The second-order valence-corrected chi connectivity index (χ2v) is 6.41. The van der Waals surface area contributed by atoms with E-state index in [1.54, 1.807) is 33.8 Å². The van der Waals surface area contributed by atoms with Crippen LogP contribution in [-0.2, 0) is 14.3 Å². The molecule has 0 aliphatic carbocycles. The summed E-state index contributed by atoms with van der Waals surface area (Å²) < 4.78 is 5.38. The van der Waals surface area contributed by atoms with Crippen LogP contribution in [0, 0.1) is 0 Å². The van der Waals surface area contributed by atoms with Crippen LogP contribution in [0.1, 0.15) is 39.7 Å². The molecule has 3 nitrogen and oxygen atoms in total. The third-order valence-corrected chi connectivity index (χ3v) is 3.36. The molecule has 0 atom stereocenters. The zero-order valence-electron chi connectivity index (χ0n) is 14.1. The molecular weight excluding hydrogens is 288 g/mol. The Hall–Kier alpha value is -2.42. The number of ketones is 1. The minimum absolute atomic E-state index is 0.0961. The molecule has 0 bridgehead atoms. The Morgan fingerprint density at radius 1 is 1.04 bits per heavy atom. The fourth-order valence-electron chi connectivity index (χ4n) is 2.31. The summed E-state index contributed by atoms with van der Waals surface area (Å²) >= 11 is 0. The predicted octanol–water partition coefficient (Wildman–Crippen LogP) is 4.54. The molecule has 0 aliphatic rings. The van der Waals surface area contributed by atoms with Crippen LogP contribution in [0.15, 0.2) is 48.0 Å². The summed E-state index contributed by atoms with van der Waals surface area (Å²) in [6.45, 7) is 7.11. The van der Waals surface area contributed by atoms with Crippen LogP contribution in [0.25, 0.3) is 16.8 Å². The van der Waals surface area contributed by atoms with Gasteiger partial charge in [0.1, 0.15) is 11.2 Å². The molecule has 120 valence electrons. The van der Waals surface area contributed by atoms with Crippen molar-refractivity contribution in [2.24, 2.45) is 0 Å². The van der Waals surface area contributed by atoms with Gasteiger partial charge in [0.15, 0.2) is 5.78 Å².